The van der Waals surface area contributed by atoms with E-state index < -0.39 is 5.41 Å². The van der Waals surface area contributed by atoms with Gasteiger partial charge >= 0.3 is 0 Å². The zero-order valence-electron chi connectivity index (χ0n) is 38.1. The molecule has 0 N–H and O–H groups in total. The van der Waals surface area contributed by atoms with E-state index in [1.54, 1.807) is 0 Å². The molecule has 1 aliphatic heterocycles. The molecular formula is C67H42N2O. The Labute approximate surface area is 405 Å². The first-order chi connectivity index (χ1) is 34.7. The molecule has 0 radical (unpaired) electrons. The average molecular weight is 891 g/mol. The fraction of sp³-hybridized carbons (Fsp3) is 0.0149. The number of para-hydroxylation sites is 5. The van der Waals surface area contributed by atoms with Crippen LogP contribution in [0.4, 0.5) is 17.1 Å². The SMILES string of the molecule is c1ccc(-c2ccc(-c3ccccc3N(c3ccc(-c4cccc5oc6ccccc6c45)cc3)c3ccc4c(c3)C3(c5ccccc5-4)c4ccccc4-n4c5ccccc5c5cccc3c54)cc2)cc1. The fourth-order valence-corrected chi connectivity index (χ4v) is 12.3. The number of aromatic nitrogens is 1. The Balaban J connectivity index is 0.971. The van der Waals surface area contributed by atoms with E-state index in [9.17, 15) is 0 Å². The van der Waals surface area contributed by atoms with Gasteiger partial charge in [-0.05, 0) is 116 Å². The van der Waals surface area contributed by atoms with Crippen molar-refractivity contribution in [3.63, 3.8) is 0 Å². The predicted octanol–water partition coefficient (Wildman–Crippen LogP) is 17.8. The first kappa shape index (κ1) is 38.9. The summed E-state index contributed by atoms with van der Waals surface area (Å²) >= 11 is 0. The van der Waals surface area contributed by atoms with Crippen molar-refractivity contribution in [2.45, 2.75) is 5.41 Å². The number of anilines is 3. The minimum absolute atomic E-state index is 0.587. The molecule has 1 spiro atoms. The average Bonchev–Trinajstić information content (AvgIpc) is 4.08. The van der Waals surface area contributed by atoms with Crippen molar-refractivity contribution < 1.29 is 4.42 Å². The van der Waals surface area contributed by atoms with Crippen molar-refractivity contribution in [3.8, 4) is 50.2 Å². The third-order valence-electron chi connectivity index (χ3n) is 15.2. The molecule has 13 aromatic rings. The van der Waals surface area contributed by atoms with Gasteiger partial charge in [-0.3, -0.25) is 0 Å². The van der Waals surface area contributed by atoms with E-state index in [0.717, 1.165) is 61.3 Å². The highest BCUT2D eigenvalue weighted by atomic mass is 16.3. The van der Waals surface area contributed by atoms with Crippen LogP contribution in [-0.2, 0) is 5.41 Å². The maximum Gasteiger partial charge on any atom is 0.136 e. The topological polar surface area (TPSA) is 21.3 Å². The van der Waals surface area contributed by atoms with Crippen LogP contribution in [-0.4, -0.2) is 4.57 Å². The molecule has 0 saturated heterocycles. The summed E-state index contributed by atoms with van der Waals surface area (Å²) in [6, 6.07) is 93.7. The number of nitrogens with zero attached hydrogens (tertiary/aromatic N) is 2. The molecule has 3 heteroatoms. The van der Waals surface area contributed by atoms with Gasteiger partial charge in [-0.25, -0.2) is 0 Å². The summed E-state index contributed by atoms with van der Waals surface area (Å²) in [6.45, 7) is 0. The molecule has 0 amide bonds. The van der Waals surface area contributed by atoms with Crippen LogP contribution in [0.5, 0.6) is 0 Å². The van der Waals surface area contributed by atoms with Gasteiger partial charge in [-0.15, -0.1) is 0 Å². The number of hydrogen-bond donors (Lipinski definition) is 0. The number of benzene rings is 11. The molecule has 3 heterocycles. The molecule has 326 valence electrons. The molecule has 11 aromatic carbocycles. The standard InChI is InChI=1S/C67H42N2O/c1-2-16-43(17-3-1)44-32-34-45(35-33-44)49-18-5-10-27-60(49)68(47-38-36-46(37-39-47)50-22-15-31-64-65(50)55-21-7-13-30-63(55)70-64)48-40-41-52-51-19-4-8-24-56(51)67(59(52)42-48)57-25-9-12-29-62(57)69-61-28-11-6-20-53(61)54-23-14-26-58(67)66(54)69/h1-42H. The van der Waals surface area contributed by atoms with Crippen molar-refractivity contribution >= 4 is 60.8 Å². The van der Waals surface area contributed by atoms with Crippen molar-refractivity contribution in [1.82, 2.24) is 4.57 Å². The lowest BCUT2D eigenvalue weighted by molar-refractivity contribution is 0.669. The van der Waals surface area contributed by atoms with Crippen molar-refractivity contribution in [2.75, 3.05) is 4.90 Å². The number of hydrogen-bond acceptors (Lipinski definition) is 2. The van der Waals surface area contributed by atoms with E-state index in [1.807, 2.05) is 6.07 Å². The lowest BCUT2D eigenvalue weighted by atomic mass is 9.65. The first-order valence-corrected chi connectivity index (χ1v) is 24.2. The summed E-state index contributed by atoms with van der Waals surface area (Å²) in [5, 5.41) is 4.81. The van der Waals surface area contributed by atoms with E-state index >= 15 is 0 Å². The molecule has 0 bridgehead atoms. The lowest BCUT2D eigenvalue weighted by Crippen LogP contribution is -2.33. The van der Waals surface area contributed by atoms with Gasteiger partial charge in [-0.1, -0.05) is 200 Å². The Kier molecular flexibility index (Phi) is 8.28. The Morgan fingerprint density at radius 1 is 0.343 bits per heavy atom. The van der Waals surface area contributed by atoms with Gasteiger partial charge in [0.2, 0.25) is 0 Å². The molecule has 2 aromatic heterocycles. The van der Waals surface area contributed by atoms with Gasteiger partial charge in [0.1, 0.15) is 11.2 Å². The van der Waals surface area contributed by atoms with Crippen molar-refractivity contribution in [1.29, 1.82) is 0 Å². The zero-order valence-corrected chi connectivity index (χ0v) is 38.1. The quantitative estimate of drug-likeness (QED) is 0.166. The molecule has 70 heavy (non-hydrogen) atoms. The van der Waals surface area contributed by atoms with Crippen LogP contribution in [0.15, 0.2) is 259 Å². The monoisotopic (exact) mass is 890 g/mol. The molecule has 0 saturated carbocycles. The largest absolute Gasteiger partial charge is 0.456 e. The van der Waals surface area contributed by atoms with Gasteiger partial charge in [0.05, 0.1) is 27.8 Å². The van der Waals surface area contributed by atoms with Crippen LogP contribution in [0.3, 0.4) is 0 Å². The van der Waals surface area contributed by atoms with Gasteiger partial charge in [0, 0.05) is 38.5 Å². The zero-order chi connectivity index (χ0) is 45.9. The first-order valence-electron chi connectivity index (χ1n) is 24.2. The number of fused-ring (bicyclic) bond motifs is 15. The summed E-state index contributed by atoms with van der Waals surface area (Å²) in [7, 11) is 0. The van der Waals surface area contributed by atoms with E-state index in [2.05, 4.69) is 258 Å². The molecular weight excluding hydrogens is 849 g/mol. The number of furan rings is 1. The second-order valence-electron chi connectivity index (χ2n) is 18.7. The highest BCUT2D eigenvalue weighted by molar-refractivity contribution is 6.14. The normalized spacial score (nSPS) is 14.3. The molecule has 0 fully saturated rings. The summed E-state index contributed by atoms with van der Waals surface area (Å²) in [6.07, 6.45) is 0. The third kappa shape index (κ3) is 5.40. The van der Waals surface area contributed by atoms with E-state index in [4.69, 9.17) is 4.42 Å². The van der Waals surface area contributed by atoms with Crippen molar-refractivity contribution in [3.05, 3.63) is 277 Å². The molecule has 1 atom stereocenters. The summed E-state index contributed by atoms with van der Waals surface area (Å²) < 4.78 is 8.87. The van der Waals surface area contributed by atoms with E-state index in [0.29, 0.717) is 0 Å². The number of rotatable bonds is 6. The molecule has 1 unspecified atom stereocenters. The van der Waals surface area contributed by atoms with E-state index in [1.165, 1.54) is 72.0 Å². The van der Waals surface area contributed by atoms with Crippen LogP contribution in [0.1, 0.15) is 22.3 Å². The maximum absolute atomic E-state index is 6.35. The van der Waals surface area contributed by atoms with Gasteiger partial charge in [0.25, 0.3) is 0 Å². The maximum atomic E-state index is 6.35. The molecule has 3 nitrogen and oxygen atoms in total. The fourth-order valence-electron chi connectivity index (χ4n) is 12.3. The minimum Gasteiger partial charge on any atom is -0.456 e. The van der Waals surface area contributed by atoms with Crippen LogP contribution >= 0.6 is 0 Å². The Hall–Kier alpha value is -9.18. The highest BCUT2D eigenvalue weighted by Gasteiger charge is 2.51. The molecule has 1 aliphatic carbocycles. The van der Waals surface area contributed by atoms with Gasteiger partial charge in [-0.2, -0.15) is 0 Å². The highest BCUT2D eigenvalue weighted by Crippen LogP contribution is 2.62. The van der Waals surface area contributed by atoms with Gasteiger partial charge in [0.15, 0.2) is 0 Å². The summed E-state index contributed by atoms with van der Waals surface area (Å²) in [5.74, 6) is 0. The Bertz CT molecular complexity index is 4240. The van der Waals surface area contributed by atoms with E-state index in [-0.39, 0.29) is 0 Å². The molecule has 2 aliphatic rings. The smallest absolute Gasteiger partial charge is 0.136 e. The summed E-state index contributed by atoms with van der Waals surface area (Å²) in [4.78, 5) is 2.47. The van der Waals surface area contributed by atoms with Crippen LogP contribution in [0.2, 0.25) is 0 Å². The van der Waals surface area contributed by atoms with Crippen LogP contribution in [0.25, 0.3) is 93.9 Å². The summed E-state index contributed by atoms with van der Waals surface area (Å²) in [5.41, 5.74) is 22.9. The lowest BCUT2D eigenvalue weighted by Gasteiger charge is -2.40. The molecule has 15 rings (SSSR count). The second-order valence-corrected chi connectivity index (χ2v) is 18.7. The third-order valence-corrected chi connectivity index (χ3v) is 15.2. The second kappa shape index (κ2) is 14.9. The Morgan fingerprint density at radius 3 is 1.79 bits per heavy atom. The predicted molar refractivity (Wildman–Crippen MR) is 290 cm³/mol. The minimum atomic E-state index is -0.587. The van der Waals surface area contributed by atoms with Gasteiger partial charge < -0.3 is 13.9 Å². The van der Waals surface area contributed by atoms with Crippen LogP contribution in [0, 0.1) is 0 Å². The van der Waals surface area contributed by atoms with Crippen LogP contribution < -0.4 is 4.90 Å². The van der Waals surface area contributed by atoms with Crippen molar-refractivity contribution in [2.24, 2.45) is 0 Å². The Morgan fingerprint density at radius 2 is 0.914 bits per heavy atom.